The first-order valence-electron chi connectivity index (χ1n) is 9.31. The molecule has 1 saturated carbocycles. The SMILES string of the molecule is O=C(NCCN1CCCCC1)C1C[CH]C(c2cccc(F)c2)CC1. The van der Waals surface area contributed by atoms with Gasteiger partial charge in [0, 0.05) is 19.0 Å². The Hall–Kier alpha value is -1.42. The molecule has 24 heavy (non-hydrogen) atoms. The van der Waals surface area contributed by atoms with Crippen LogP contribution in [0.5, 0.6) is 0 Å². The highest BCUT2D eigenvalue weighted by atomic mass is 19.1. The molecule has 1 aromatic carbocycles. The lowest BCUT2D eigenvalue weighted by Crippen LogP contribution is -2.40. The Kier molecular flexibility index (Phi) is 6.24. The molecule has 0 aromatic heterocycles. The second-order valence-corrected chi connectivity index (χ2v) is 7.10. The lowest BCUT2D eigenvalue weighted by atomic mass is 9.78. The van der Waals surface area contributed by atoms with Crippen LogP contribution in [0.3, 0.4) is 0 Å². The molecule has 3 nitrogen and oxygen atoms in total. The van der Waals surface area contributed by atoms with Gasteiger partial charge in [0.2, 0.25) is 5.91 Å². The van der Waals surface area contributed by atoms with E-state index < -0.39 is 0 Å². The molecule has 1 radical (unpaired) electrons. The summed E-state index contributed by atoms with van der Waals surface area (Å²) in [4.78, 5) is 14.8. The minimum atomic E-state index is -0.182. The standard InChI is InChI=1S/C20H28FN2O/c21-19-6-4-5-18(15-19)16-7-9-17(10-8-16)20(24)22-11-14-23-12-2-1-3-13-23/h4-7,15-17H,1-3,8-14H2,(H,22,24). The van der Waals surface area contributed by atoms with Crippen LogP contribution in [0.15, 0.2) is 24.3 Å². The maximum absolute atomic E-state index is 13.3. The minimum absolute atomic E-state index is 0.0798. The Bertz CT molecular complexity index is 534. The normalized spacial score (nSPS) is 25.4. The molecule has 1 amide bonds. The van der Waals surface area contributed by atoms with E-state index in [1.807, 2.05) is 6.07 Å². The Labute approximate surface area is 144 Å². The Morgan fingerprint density at radius 2 is 2.04 bits per heavy atom. The molecule has 2 aliphatic rings. The van der Waals surface area contributed by atoms with Crippen LogP contribution >= 0.6 is 0 Å². The van der Waals surface area contributed by atoms with Gasteiger partial charge in [0.25, 0.3) is 0 Å². The van der Waals surface area contributed by atoms with Gasteiger partial charge in [-0.05, 0) is 75.2 Å². The monoisotopic (exact) mass is 331 g/mol. The van der Waals surface area contributed by atoms with Crippen molar-refractivity contribution >= 4 is 5.91 Å². The van der Waals surface area contributed by atoms with E-state index in [1.165, 1.54) is 38.4 Å². The molecular formula is C20H28FN2O. The molecular weight excluding hydrogens is 303 g/mol. The lowest BCUT2D eigenvalue weighted by Gasteiger charge is -2.29. The van der Waals surface area contributed by atoms with Gasteiger partial charge in [-0.2, -0.15) is 0 Å². The predicted molar refractivity (Wildman–Crippen MR) is 94.1 cm³/mol. The van der Waals surface area contributed by atoms with Gasteiger partial charge in [0.15, 0.2) is 0 Å². The fourth-order valence-electron chi connectivity index (χ4n) is 3.89. The lowest BCUT2D eigenvalue weighted by molar-refractivity contribution is -0.125. The smallest absolute Gasteiger partial charge is 0.223 e. The molecule has 1 aliphatic carbocycles. The molecule has 2 unspecified atom stereocenters. The van der Waals surface area contributed by atoms with Crippen molar-refractivity contribution in [3.05, 3.63) is 42.1 Å². The van der Waals surface area contributed by atoms with E-state index in [1.54, 1.807) is 12.1 Å². The topological polar surface area (TPSA) is 32.3 Å². The molecule has 1 heterocycles. The Morgan fingerprint density at radius 3 is 2.75 bits per heavy atom. The van der Waals surface area contributed by atoms with Crippen molar-refractivity contribution in [2.75, 3.05) is 26.2 Å². The summed E-state index contributed by atoms with van der Waals surface area (Å²) in [6.45, 7) is 4.06. The van der Waals surface area contributed by atoms with E-state index in [4.69, 9.17) is 0 Å². The van der Waals surface area contributed by atoms with Gasteiger partial charge in [0.1, 0.15) is 5.82 Å². The van der Waals surface area contributed by atoms with Gasteiger partial charge in [-0.15, -0.1) is 0 Å². The summed E-state index contributed by atoms with van der Waals surface area (Å²) in [5.41, 5.74) is 1.03. The first-order valence-corrected chi connectivity index (χ1v) is 9.31. The van der Waals surface area contributed by atoms with Crippen LogP contribution in [-0.2, 0) is 4.79 Å². The maximum Gasteiger partial charge on any atom is 0.223 e. The summed E-state index contributed by atoms with van der Waals surface area (Å²) in [6, 6.07) is 6.83. The van der Waals surface area contributed by atoms with Gasteiger partial charge in [0.05, 0.1) is 0 Å². The summed E-state index contributed by atoms with van der Waals surface area (Å²) >= 11 is 0. The number of rotatable bonds is 5. The van der Waals surface area contributed by atoms with E-state index in [0.29, 0.717) is 0 Å². The van der Waals surface area contributed by atoms with Gasteiger partial charge in [-0.1, -0.05) is 18.6 Å². The summed E-state index contributed by atoms with van der Waals surface area (Å²) < 4.78 is 13.3. The van der Waals surface area contributed by atoms with Crippen molar-refractivity contribution in [3.8, 4) is 0 Å². The molecule has 2 fully saturated rings. The average molecular weight is 331 g/mol. The van der Waals surface area contributed by atoms with Crippen molar-refractivity contribution in [1.82, 2.24) is 10.2 Å². The quantitative estimate of drug-likeness (QED) is 0.895. The third-order valence-corrected chi connectivity index (χ3v) is 5.35. The zero-order valence-electron chi connectivity index (χ0n) is 14.3. The number of nitrogens with one attached hydrogen (secondary N) is 1. The van der Waals surface area contributed by atoms with Crippen LogP contribution < -0.4 is 5.32 Å². The number of carbonyl (C=O) groups excluding carboxylic acids is 1. The third-order valence-electron chi connectivity index (χ3n) is 5.35. The number of amides is 1. The molecule has 4 heteroatoms. The van der Waals surface area contributed by atoms with Crippen molar-refractivity contribution in [3.63, 3.8) is 0 Å². The second kappa shape index (κ2) is 8.61. The molecule has 1 aromatic rings. The molecule has 1 N–H and O–H groups in total. The van der Waals surface area contributed by atoms with E-state index in [-0.39, 0.29) is 23.6 Å². The van der Waals surface area contributed by atoms with Crippen molar-refractivity contribution in [1.29, 1.82) is 0 Å². The van der Waals surface area contributed by atoms with Crippen molar-refractivity contribution in [2.24, 2.45) is 5.92 Å². The molecule has 2 atom stereocenters. The fraction of sp³-hybridized carbons (Fsp3) is 0.600. The minimum Gasteiger partial charge on any atom is -0.355 e. The zero-order valence-corrected chi connectivity index (χ0v) is 14.3. The van der Waals surface area contributed by atoms with E-state index in [2.05, 4.69) is 16.6 Å². The summed E-state index contributed by atoms with van der Waals surface area (Å²) in [6.07, 6.45) is 8.69. The fourth-order valence-corrected chi connectivity index (χ4v) is 3.89. The number of carbonyl (C=O) groups is 1. The first kappa shape index (κ1) is 17.4. The second-order valence-electron chi connectivity index (χ2n) is 7.10. The third kappa shape index (κ3) is 4.79. The zero-order chi connectivity index (χ0) is 16.8. The summed E-state index contributed by atoms with van der Waals surface area (Å²) in [7, 11) is 0. The van der Waals surface area contributed by atoms with Crippen molar-refractivity contribution in [2.45, 2.75) is 44.4 Å². The number of nitrogens with zero attached hydrogens (tertiary/aromatic N) is 1. The maximum atomic E-state index is 13.3. The van der Waals surface area contributed by atoms with Gasteiger partial charge >= 0.3 is 0 Å². The Balaban J connectivity index is 1.38. The largest absolute Gasteiger partial charge is 0.355 e. The van der Waals surface area contributed by atoms with Crippen LogP contribution in [0.2, 0.25) is 0 Å². The van der Waals surface area contributed by atoms with Gasteiger partial charge in [-0.3, -0.25) is 4.79 Å². The molecule has 0 bridgehead atoms. The highest BCUT2D eigenvalue weighted by Gasteiger charge is 2.27. The summed E-state index contributed by atoms with van der Waals surface area (Å²) in [5, 5.41) is 3.10. The van der Waals surface area contributed by atoms with Crippen molar-refractivity contribution < 1.29 is 9.18 Å². The molecule has 0 spiro atoms. The molecule has 1 saturated heterocycles. The summed E-state index contributed by atoms with van der Waals surface area (Å²) in [5.74, 6) is 0.355. The predicted octanol–water partition coefficient (Wildman–Crippen LogP) is 3.52. The van der Waals surface area contributed by atoms with Crippen LogP contribution in [-0.4, -0.2) is 37.0 Å². The van der Waals surface area contributed by atoms with Gasteiger partial charge < -0.3 is 10.2 Å². The number of likely N-dealkylation sites (tertiary alicyclic amines) is 1. The van der Waals surface area contributed by atoms with E-state index in [0.717, 1.165) is 37.9 Å². The molecule has 131 valence electrons. The number of piperidine rings is 1. The molecule has 1 aliphatic heterocycles. The number of halogens is 1. The van der Waals surface area contributed by atoms with Crippen LogP contribution in [0.25, 0.3) is 0 Å². The van der Waals surface area contributed by atoms with Gasteiger partial charge in [-0.25, -0.2) is 4.39 Å². The highest BCUT2D eigenvalue weighted by Crippen LogP contribution is 2.35. The number of hydrogen-bond acceptors (Lipinski definition) is 2. The highest BCUT2D eigenvalue weighted by molar-refractivity contribution is 5.78. The number of hydrogen-bond donors (Lipinski definition) is 1. The average Bonchev–Trinajstić information content (AvgIpc) is 2.63. The Morgan fingerprint density at radius 1 is 1.21 bits per heavy atom. The first-order chi connectivity index (χ1) is 11.7. The van der Waals surface area contributed by atoms with Crippen LogP contribution in [0.1, 0.15) is 50.0 Å². The van der Waals surface area contributed by atoms with E-state index in [9.17, 15) is 9.18 Å². The van der Waals surface area contributed by atoms with E-state index >= 15 is 0 Å². The van der Waals surface area contributed by atoms with Crippen LogP contribution in [0.4, 0.5) is 4.39 Å². The van der Waals surface area contributed by atoms with Crippen LogP contribution in [0, 0.1) is 18.2 Å². The number of benzene rings is 1. The molecule has 3 rings (SSSR count).